The number of allylic oxidation sites excluding steroid dienone is 1. The van der Waals surface area contributed by atoms with E-state index >= 15 is 0 Å². The second-order valence-electron chi connectivity index (χ2n) is 7.56. The van der Waals surface area contributed by atoms with E-state index in [9.17, 15) is 10.1 Å². The van der Waals surface area contributed by atoms with Gasteiger partial charge in [0.25, 0.3) is 5.91 Å². The lowest BCUT2D eigenvalue weighted by molar-refractivity contribution is -0.137. The Morgan fingerprint density at radius 2 is 1.94 bits per heavy atom. The molecule has 0 unspecified atom stereocenters. The van der Waals surface area contributed by atoms with Crippen LogP contribution >= 0.6 is 0 Å². The Balaban J connectivity index is 1.45. The number of nitriles is 1. The average Bonchev–Trinajstić information content (AvgIpc) is 3.19. The van der Waals surface area contributed by atoms with Gasteiger partial charge in [-0.1, -0.05) is 12.1 Å². The molecule has 4 rings (SSSR count). The number of amides is 1. The number of aromatic nitrogens is 2. The zero-order valence-electron chi connectivity index (χ0n) is 17.6. The van der Waals surface area contributed by atoms with Crippen LogP contribution in [0, 0.1) is 25.2 Å². The van der Waals surface area contributed by atoms with E-state index in [1.807, 2.05) is 31.2 Å². The van der Waals surface area contributed by atoms with E-state index in [2.05, 4.69) is 23.0 Å². The average molecular weight is 416 g/mol. The van der Waals surface area contributed by atoms with Crippen LogP contribution in [0.4, 0.5) is 0 Å². The van der Waals surface area contributed by atoms with Gasteiger partial charge in [-0.3, -0.25) is 4.79 Å². The van der Waals surface area contributed by atoms with Crippen LogP contribution in [0.5, 0.6) is 5.75 Å². The van der Waals surface area contributed by atoms with Gasteiger partial charge < -0.3 is 19.4 Å². The summed E-state index contributed by atoms with van der Waals surface area (Å²) in [6.07, 6.45) is 1.78. The number of aryl methyl sites for hydroxylation is 2. The third-order valence-corrected chi connectivity index (χ3v) is 5.39. The molecule has 0 spiro atoms. The number of benzene rings is 2. The molecular weight excluding hydrogens is 392 g/mol. The van der Waals surface area contributed by atoms with Crippen LogP contribution in [0.1, 0.15) is 22.5 Å². The fourth-order valence-corrected chi connectivity index (χ4v) is 3.43. The lowest BCUT2D eigenvalue weighted by atomic mass is 10.1. The monoisotopic (exact) mass is 416 g/mol. The van der Waals surface area contributed by atoms with Crippen LogP contribution in [0.25, 0.3) is 22.7 Å². The Hall–Kier alpha value is -3.63. The molecule has 0 atom stereocenters. The number of carbonyl (C=O) groups excluding carboxylic acids is 1. The Labute approximate surface area is 180 Å². The largest absolute Gasteiger partial charge is 0.484 e. The van der Waals surface area contributed by atoms with Crippen molar-refractivity contribution in [1.29, 1.82) is 5.26 Å². The molecule has 31 heavy (non-hydrogen) atoms. The molecule has 0 aliphatic carbocycles. The molecule has 2 heterocycles. The maximum absolute atomic E-state index is 12.2. The molecule has 158 valence electrons. The van der Waals surface area contributed by atoms with Gasteiger partial charge in [0.1, 0.15) is 17.6 Å². The van der Waals surface area contributed by atoms with Crippen molar-refractivity contribution in [3.05, 3.63) is 58.9 Å². The van der Waals surface area contributed by atoms with Gasteiger partial charge in [0.2, 0.25) is 0 Å². The van der Waals surface area contributed by atoms with E-state index in [1.165, 1.54) is 5.56 Å². The number of aromatic amines is 1. The lowest BCUT2D eigenvalue weighted by Crippen LogP contribution is -2.42. The number of imidazole rings is 1. The molecule has 2 aromatic carbocycles. The van der Waals surface area contributed by atoms with Crippen LogP contribution in [0.3, 0.4) is 0 Å². The maximum atomic E-state index is 12.2. The number of nitrogens with one attached hydrogen (secondary N) is 1. The zero-order valence-corrected chi connectivity index (χ0v) is 17.6. The van der Waals surface area contributed by atoms with E-state index < -0.39 is 0 Å². The number of rotatable bonds is 5. The summed E-state index contributed by atoms with van der Waals surface area (Å²) in [6.45, 7) is 6.43. The normalized spacial score (nSPS) is 14.5. The molecule has 1 aromatic heterocycles. The third kappa shape index (κ3) is 4.76. The molecule has 0 radical (unpaired) electrons. The van der Waals surface area contributed by atoms with Crippen molar-refractivity contribution in [2.24, 2.45) is 0 Å². The van der Waals surface area contributed by atoms with E-state index in [4.69, 9.17) is 9.47 Å². The SMILES string of the molecule is Cc1cc2nc(/C(C#N)=C/c3ccc(OCC(=O)N4CCOCC4)cc3)[nH]c2cc1C. The molecule has 3 aromatic rings. The molecule has 7 nitrogen and oxygen atoms in total. The summed E-state index contributed by atoms with van der Waals surface area (Å²) >= 11 is 0. The highest BCUT2D eigenvalue weighted by Gasteiger charge is 2.17. The Bertz CT molecular complexity index is 1130. The van der Waals surface area contributed by atoms with Crippen LogP contribution in [0.2, 0.25) is 0 Å². The van der Waals surface area contributed by atoms with Crippen molar-refractivity contribution in [2.45, 2.75) is 13.8 Å². The topological polar surface area (TPSA) is 91.2 Å². The lowest BCUT2D eigenvalue weighted by Gasteiger charge is -2.26. The van der Waals surface area contributed by atoms with Crippen molar-refractivity contribution in [3.63, 3.8) is 0 Å². The summed E-state index contributed by atoms with van der Waals surface area (Å²) in [4.78, 5) is 21.7. The Kier molecular flexibility index (Phi) is 6.01. The number of carbonyl (C=O) groups is 1. The molecule has 1 aliphatic rings. The molecule has 7 heteroatoms. The van der Waals surface area contributed by atoms with Crippen molar-refractivity contribution >= 4 is 28.6 Å². The smallest absolute Gasteiger partial charge is 0.260 e. The zero-order chi connectivity index (χ0) is 21.8. The van der Waals surface area contributed by atoms with E-state index in [0.717, 1.165) is 22.2 Å². The molecular formula is C24H24N4O3. The molecule has 1 amide bonds. The summed E-state index contributed by atoms with van der Waals surface area (Å²) in [7, 11) is 0. The minimum Gasteiger partial charge on any atom is -0.484 e. The van der Waals surface area contributed by atoms with Crippen molar-refractivity contribution in [1.82, 2.24) is 14.9 Å². The molecule has 1 N–H and O–H groups in total. The fraction of sp³-hybridized carbons (Fsp3) is 0.292. The first-order valence-corrected chi connectivity index (χ1v) is 10.2. The second-order valence-corrected chi connectivity index (χ2v) is 7.56. The highest BCUT2D eigenvalue weighted by Crippen LogP contribution is 2.23. The van der Waals surface area contributed by atoms with Crippen LogP contribution < -0.4 is 4.74 Å². The van der Waals surface area contributed by atoms with Gasteiger partial charge in [0.15, 0.2) is 6.61 Å². The van der Waals surface area contributed by atoms with Crippen LogP contribution in [-0.4, -0.2) is 53.7 Å². The van der Waals surface area contributed by atoms with Gasteiger partial charge >= 0.3 is 0 Å². The van der Waals surface area contributed by atoms with E-state index in [-0.39, 0.29) is 12.5 Å². The van der Waals surface area contributed by atoms with E-state index in [0.29, 0.717) is 43.5 Å². The van der Waals surface area contributed by atoms with Gasteiger partial charge in [0.05, 0.1) is 29.8 Å². The van der Waals surface area contributed by atoms with Crippen molar-refractivity contribution in [3.8, 4) is 11.8 Å². The fourth-order valence-electron chi connectivity index (χ4n) is 3.43. The van der Waals surface area contributed by atoms with Crippen molar-refractivity contribution < 1.29 is 14.3 Å². The first-order valence-electron chi connectivity index (χ1n) is 10.2. The van der Waals surface area contributed by atoms with E-state index in [1.54, 1.807) is 23.1 Å². The first kappa shape index (κ1) is 20.6. The molecule has 1 saturated heterocycles. The minimum absolute atomic E-state index is 0.00352. The molecule has 1 fully saturated rings. The summed E-state index contributed by atoms with van der Waals surface area (Å²) in [5.74, 6) is 1.10. The van der Waals surface area contributed by atoms with Crippen LogP contribution in [-0.2, 0) is 9.53 Å². The number of H-pyrrole nitrogens is 1. The third-order valence-electron chi connectivity index (χ3n) is 5.39. The second kappa shape index (κ2) is 9.02. The number of hydrogen-bond donors (Lipinski definition) is 1. The van der Waals surface area contributed by atoms with Gasteiger partial charge in [0, 0.05) is 13.1 Å². The summed E-state index contributed by atoms with van der Waals surface area (Å²) in [5, 5.41) is 9.64. The van der Waals surface area contributed by atoms with Crippen LogP contribution in [0.15, 0.2) is 36.4 Å². The predicted molar refractivity (Wildman–Crippen MR) is 118 cm³/mol. The summed E-state index contributed by atoms with van der Waals surface area (Å²) in [5.41, 5.74) is 5.38. The van der Waals surface area contributed by atoms with Gasteiger partial charge in [-0.25, -0.2) is 4.98 Å². The summed E-state index contributed by atoms with van der Waals surface area (Å²) < 4.78 is 10.9. The standard InChI is InChI=1S/C24H24N4O3/c1-16-11-21-22(12-17(16)2)27-24(26-21)19(14-25)13-18-3-5-20(6-4-18)31-15-23(29)28-7-9-30-10-8-28/h3-6,11-13H,7-10,15H2,1-2H3,(H,26,27)/b19-13+. The highest BCUT2D eigenvalue weighted by atomic mass is 16.5. The highest BCUT2D eigenvalue weighted by molar-refractivity contribution is 5.90. The number of nitrogens with zero attached hydrogens (tertiary/aromatic N) is 3. The Morgan fingerprint density at radius 1 is 1.23 bits per heavy atom. The quantitative estimate of drug-likeness (QED) is 0.643. The number of hydrogen-bond acceptors (Lipinski definition) is 5. The van der Waals surface area contributed by atoms with Gasteiger partial charge in [-0.2, -0.15) is 5.26 Å². The predicted octanol–water partition coefficient (Wildman–Crippen LogP) is 3.48. The molecule has 0 saturated carbocycles. The summed E-state index contributed by atoms with van der Waals surface area (Å²) in [6, 6.07) is 13.6. The molecule has 0 bridgehead atoms. The minimum atomic E-state index is -0.0469. The number of morpholine rings is 1. The van der Waals surface area contributed by atoms with Gasteiger partial charge in [-0.15, -0.1) is 0 Å². The Morgan fingerprint density at radius 3 is 2.65 bits per heavy atom. The first-order chi connectivity index (χ1) is 15.0. The molecule has 1 aliphatic heterocycles. The van der Waals surface area contributed by atoms with Gasteiger partial charge in [-0.05, 0) is 60.9 Å². The number of ether oxygens (including phenoxy) is 2. The maximum Gasteiger partial charge on any atom is 0.260 e. The van der Waals surface area contributed by atoms with Crippen molar-refractivity contribution in [2.75, 3.05) is 32.9 Å². The number of fused-ring (bicyclic) bond motifs is 1.